The van der Waals surface area contributed by atoms with E-state index in [0.717, 1.165) is 41.1 Å². The van der Waals surface area contributed by atoms with E-state index in [2.05, 4.69) is 17.2 Å². The lowest BCUT2D eigenvalue weighted by Gasteiger charge is -2.20. The van der Waals surface area contributed by atoms with Crippen molar-refractivity contribution in [1.82, 2.24) is 4.98 Å². The summed E-state index contributed by atoms with van der Waals surface area (Å²) in [6.45, 7) is 4.04. The molecule has 2 aromatic rings. The van der Waals surface area contributed by atoms with Gasteiger partial charge in [-0.15, -0.1) is 0 Å². The molecule has 3 rings (SSSR count). The smallest absolute Gasteiger partial charge is 0.162 e. The number of rotatable bonds is 5. The third-order valence-electron chi connectivity index (χ3n) is 3.57. The fourth-order valence-electron chi connectivity index (χ4n) is 2.42. The van der Waals surface area contributed by atoms with Gasteiger partial charge in [0.15, 0.2) is 11.5 Å². The maximum absolute atomic E-state index is 5.66. The average Bonchev–Trinajstić information content (AvgIpc) is 2.51. The maximum Gasteiger partial charge on any atom is 0.162 e. The molecular weight excluding hydrogens is 268 g/mol. The van der Waals surface area contributed by atoms with Crippen molar-refractivity contribution in [3.05, 3.63) is 24.4 Å². The summed E-state index contributed by atoms with van der Waals surface area (Å²) in [4.78, 5) is 4.46. The molecule has 2 heterocycles. The topological polar surface area (TPSA) is 52.6 Å². The van der Waals surface area contributed by atoms with E-state index in [1.807, 2.05) is 24.4 Å². The molecule has 5 heteroatoms. The molecule has 1 aromatic carbocycles. The zero-order valence-electron chi connectivity index (χ0n) is 12.4. The number of nitrogens with one attached hydrogen (secondary N) is 1. The Hall–Kier alpha value is -2.01. The minimum atomic E-state index is 0.288. The summed E-state index contributed by atoms with van der Waals surface area (Å²) < 4.78 is 16.4. The number of ether oxygens (including phenoxy) is 3. The predicted molar refractivity (Wildman–Crippen MR) is 82.3 cm³/mol. The molecule has 5 nitrogen and oxygen atoms in total. The Morgan fingerprint density at radius 2 is 2.05 bits per heavy atom. The Morgan fingerprint density at radius 3 is 2.81 bits per heavy atom. The zero-order chi connectivity index (χ0) is 14.7. The lowest BCUT2D eigenvalue weighted by atomic mass is 10.1. The van der Waals surface area contributed by atoms with Crippen LogP contribution >= 0.6 is 0 Å². The van der Waals surface area contributed by atoms with Crippen molar-refractivity contribution in [1.29, 1.82) is 0 Å². The third kappa shape index (κ3) is 3.03. The zero-order valence-corrected chi connectivity index (χ0v) is 12.4. The molecule has 0 saturated carbocycles. The second-order valence-corrected chi connectivity index (χ2v) is 5.20. The number of methoxy groups -OCH3 is 1. The van der Waals surface area contributed by atoms with Crippen LogP contribution in [-0.2, 0) is 4.74 Å². The van der Waals surface area contributed by atoms with E-state index in [4.69, 9.17) is 14.2 Å². The summed E-state index contributed by atoms with van der Waals surface area (Å²) >= 11 is 0. The van der Waals surface area contributed by atoms with Crippen LogP contribution in [0.15, 0.2) is 24.4 Å². The van der Waals surface area contributed by atoms with Gasteiger partial charge >= 0.3 is 0 Å². The van der Waals surface area contributed by atoms with E-state index in [9.17, 15) is 0 Å². The molecule has 0 radical (unpaired) electrons. The Labute approximate surface area is 124 Å². The summed E-state index contributed by atoms with van der Waals surface area (Å²) in [5.41, 5.74) is 0. The molecule has 1 atom stereocenters. The average molecular weight is 288 g/mol. The standard InChI is InChI=1S/C16H20N2O3/c1-11(4-6-19-2)18-16-13-10-15-14(20-7-8-21-15)9-12(13)3-5-17-16/h3,5,9-11H,4,6-8H2,1-2H3,(H,17,18). The van der Waals surface area contributed by atoms with Gasteiger partial charge < -0.3 is 19.5 Å². The van der Waals surface area contributed by atoms with Crippen LogP contribution < -0.4 is 14.8 Å². The Bertz CT molecular complexity index is 630. The highest BCUT2D eigenvalue weighted by Gasteiger charge is 2.15. The summed E-state index contributed by atoms with van der Waals surface area (Å²) in [6, 6.07) is 6.29. The van der Waals surface area contributed by atoms with E-state index >= 15 is 0 Å². The first-order valence-electron chi connectivity index (χ1n) is 7.22. The van der Waals surface area contributed by atoms with Gasteiger partial charge in [-0.1, -0.05) is 0 Å². The first-order chi connectivity index (χ1) is 10.3. The van der Waals surface area contributed by atoms with Crippen molar-refractivity contribution in [3.63, 3.8) is 0 Å². The van der Waals surface area contributed by atoms with Gasteiger partial charge in [-0.25, -0.2) is 4.98 Å². The molecule has 1 unspecified atom stereocenters. The molecule has 1 aliphatic rings. The molecule has 21 heavy (non-hydrogen) atoms. The number of anilines is 1. The molecule has 0 bridgehead atoms. The normalized spacial score (nSPS) is 15.0. The quantitative estimate of drug-likeness (QED) is 0.917. The van der Waals surface area contributed by atoms with Crippen molar-refractivity contribution in [2.24, 2.45) is 0 Å². The van der Waals surface area contributed by atoms with E-state index in [-0.39, 0.29) is 6.04 Å². The van der Waals surface area contributed by atoms with E-state index in [1.54, 1.807) is 7.11 Å². The van der Waals surface area contributed by atoms with Crippen LogP contribution in [-0.4, -0.2) is 38.0 Å². The molecule has 0 aliphatic carbocycles. The molecule has 0 saturated heterocycles. The van der Waals surface area contributed by atoms with Gasteiger partial charge in [0.1, 0.15) is 19.0 Å². The maximum atomic E-state index is 5.66. The third-order valence-corrected chi connectivity index (χ3v) is 3.57. The van der Waals surface area contributed by atoms with Crippen LogP contribution in [0.2, 0.25) is 0 Å². The summed E-state index contributed by atoms with van der Waals surface area (Å²) in [6.07, 6.45) is 2.74. The number of pyridine rings is 1. The predicted octanol–water partition coefficient (Wildman–Crippen LogP) is 2.84. The second kappa shape index (κ2) is 6.18. The van der Waals surface area contributed by atoms with Gasteiger partial charge in [0.2, 0.25) is 0 Å². The largest absolute Gasteiger partial charge is 0.486 e. The van der Waals surface area contributed by atoms with Crippen LogP contribution in [0.3, 0.4) is 0 Å². The highest BCUT2D eigenvalue weighted by Crippen LogP contribution is 2.36. The molecular formula is C16H20N2O3. The van der Waals surface area contributed by atoms with Crippen LogP contribution in [0, 0.1) is 0 Å². The van der Waals surface area contributed by atoms with Gasteiger partial charge in [0, 0.05) is 31.3 Å². The minimum absolute atomic E-state index is 0.288. The van der Waals surface area contributed by atoms with Crippen molar-refractivity contribution < 1.29 is 14.2 Å². The lowest BCUT2D eigenvalue weighted by molar-refractivity contribution is 0.172. The van der Waals surface area contributed by atoms with Gasteiger partial charge in [0.05, 0.1) is 0 Å². The van der Waals surface area contributed by atoms with Gasteiger partial charge in [-0.2, -0.15) is 0 Å². The molecule has 1 aliphatic heterocycles. The van der Waals surface area contributed by atoms with Gasteiger partial charge in [0.25, 0.3) is 0 Å². The van der Waals surface area contributed by atoms with Crippen LogP contribution in [0.1, 0.15) is 13.3 Å². The number of aromatic nitrogens is 1. The lowest BCUT2D eigenvalue weighted by Crippen LogP contribution is -2.18. The van der Waals surface area contributed by atoms with Gasteiger partial charge in [-0.05, 0) is 36.9 Å². The first-order valence-corrected chi connectivity index (χ1v) is 7.22. The number of fused-ring (bicyclic) bond motifs is 2. The second-order valence-electron chi connectivity index (χ2n) is 5.20. The molecule has 0 amide bonds. The van der Waals surface area contributed by atoms with Crippen LogP contribution in [0.4, 0.5) is 5.82 Å². The van der Waals surface area contributed by atoms with E-state index in [0.29, 0.717) is 13.2 Å². The van der Waals surface area contributed by atoms with Crippen molar-refractivity contribution >= 4 is 16.6 Å². The van der Waals surface area contributed by atoms with Crippen LogP contribution in [0.5, 0.6) is 11.5 Å². The Morgan fingerprint density at radius 1 is 1.29 bits per heavy atom. The SMILES string of the molecule is COCCC(C)Nc1nccc2cc3c(cc12)OCCO3. The molecule has 0 spiro atoms. The fourth-order valence-corrected chi connectivity index (χ4v) is 2.42. The highest BCUT2D eigenvalue weighted by atomic mass is 16.6. The number of hydrogen-bond donors (Lipinski definition) is 1. The first kappa shape index (κ1) is 13.9. The molecule has 1 N–H and O–H groups in total. The summed E-state index contributed by atoms with van der Waals surface area (Å²) in [5.74, 6) is 2.46. The Balaban J connectivity index is 1.91. The Kier molecular flexibility index (Phi) is 4.10. The van der Waals surface area contributed by atoms with Gasteiger partial charge in [-0.3, -0.25) is 0 Å². The number of nitrogens with zero attached hydrogens (tertiary/aromatic N) is 1. The fraction of sp³-hybridized carbons (Fsp3) is 0.438. The van der Waals surface area contributed by atoms with Crippen molar-refractivity contribution in [2.45, 2.75) is 19.4 Å². The number of benzene rings is 1. The van der Waals surface area contributed by atoms with Crippen molar-refractivity contribution in [2.75, 3.05) is 32.2 Å². The van der Waals surface area contributed by atoms with Crippen LogP contribution in [0.25, 0.3) is 10.8 Å². The minimum Gasteiger partial charge on any atom is -0.486 e. The van der Waals surface area contributed by atoms with E-state index < -0.39 is 0 Å². The highest BCUT2D eigenvalue weighted by molar-refractivity contribution is 5.94. The number of hydrogen-bond acceptors (Lipinski definition) is 5. The van der Waals surface area contributed by atoms with Crippen molar-refractivity contribution in [3.8, 4) is 11.5 Å². The summed E-state index contributed by atoms with van der Waals surface area (Å²) in [7, 11) is 1.71. The summed E-state index contributed by atoms with van der Waals surface area (Å²) in [5, 5.41) is 5.58. The molecule has 1 aromatic heterocycles. The molecule has 0 fully saturated rings. The van der Waals surface area contributed by atoms with E-state index in [1.165, 1.54) is 0 Å². The molecule has 112 valence electrons. The monoisotopic (exact) mass is 288 g/mol.